The largest absolute Gasteiger partial charge is 0.334 e. The molecule has 0 saturated carbocycles. The van der Waals surface area contributed by atoms with Crippen LogP contribution >= 0.6 is 12.4 Å². The Balaban J connectivity index is 0.00000240. The van der Waals surface area contributed by atoms with Crippen LogP contribution in [0.15, 0.2) is 42.5 Å². The number of fused-ring (bicyclic) bond motifs is 1. The summed E-state index contributed by atoms with van der Waals surface area (Å²) in [6, 6.07) is 10.3. The Labute approximate surface area is 174 Å². The number of halogens is 3. The van der Waals surface area contributed by atoms with E-state index in [0.717, 1.165) is 25.9 Å². The third-order valence-corrected chi connectivity index (χ3v) is 5.70. The van der Waals surface area contributed by atoms with Gasteiger partial charge in [0.15, 0.2) is 5.78 Å². The zero-order chi connectivity index (χ0) is 19.7. The molecule has 29 heavy (non-hydrogen) atoms. The van der Waals surface area contributed by atoms with Crippen LogP contribution in [0.5, 0.6) is 0 Å². The van der Waals surface area contributed by atoms with E-state index < -0.39 is 0 Å². The quantitative estimate of drug-likeness (QED) is 0.688. The maximum Gasteiger partial charge on any atom is 0.254 e. The van der Waals surface area contributed by atoms with Crippen molar-refractivity contribution in [3.05, 3.63) is 70.8 Å². The molecular weight excluding hydrogens is 398 g/mol. The molecule has 0 atom stereocenters. The first-order valence-electron chi connectivity index (χ1n) is 9.59. The highest BCUT2D eigenvalue weighted by atomic mass is 35.5. The molecule has 4 nitrogen and oxygen atoms in total. The van der Waals surface area contributed by atoms with Gasteiger partial charge in [-0.3, -0.25) is 14.5 Å². The number of hydrogen-bond acceptors (Lipinski definition) is 3. The first-order valence-corrected chi connectivity index (χ1v) is 9.59. The van der Waals surface area contributed by atoms with Gasteiger partial charge in [-0.05, 0) is 68.2 Å². The molecule has 0 spiro atoms. The van der Waals surface area contributed by atoms with Crippen molar-refractivity contribution in [1.82, 2.24) is 9.80 Å². The zero-order valence-electron chi connectivity index (χ0n) is 15.9. The molecule has 0 unspecified atom stereocenters. The molecule has 0 bridgehead atoms. The first kappa shape index (κ1) is 21.4. The lowest BCUT2D eigenvalue weighted by molar-refractivity contribution is 0.0707. The Morgan fingerprint density at radius 1 is 1.03 bits per heavy atom. The minimum atomic E-state index is -0.351. The van der Waals surface area contributed by atoms with Crippen LogP contribution in [0.4, 0.5) is 8.78 Å². The second kappa shape index (κ2) is 9.01. The average molecular weight is 421 g/mol. The SMILES string of the molecule is Cl.O=C(CN1CCC(CN2Cc3c(F)cccc3C2=O)CC1)c1ccc(F)cc1. The monoisotopic (exact) mass is 420 g/mol. The molecule has 4 rings (SSSR count). The van der Waals surface area contributed by atoms with E-state index >= 15 is 0 Å². The van der Waals surface area contributed by atoms with Gasteiger partial charge in [0, 0.05) is 29.8 Å². The number of nitrogens with zero attached hydrogens (tertiary/aromatic N) is 2. The van der Waals surface area contributed by atoms with Crippen molar-refractivity contribution in [2.24, 2.45) is 5.92 Å². The van der Waals surface area contributed by atoms with E-state index in [-0.39, 0.29) is 35.7 Å². The Hall–Kier alpha value is -2.31. The Morgan fingerprint density at radius 2 is 1.72 bits per heavy atom. The normalized spacial score (nSPS) is 17.2. The minimum absolute atomic E-state index is 0. The van der Waals surface area contributed by atoms with Gasteiger partial charge in [-0.25, -0.2) is 8.78 Å². The van der Waals surface area contributed by atoms with Gasteiger partial charge in [-0.15, -0.1) is 12.4 Å². The lowest BCUT2D eigenvalue weighted by Crippen LogP contribution is -2.41. The van der Waals surface area contributed by atoms with Gasteiger partial charge < -0.3 is 4.90 Å². The van der Waals surface area contributed by atoms with Crippen LogP contribution in [0, 0.1) is 17.6 Å². The van der Waals surface area contributed by atoms with Crippen molar-refractivity contribution in [3.8, 4) is 0 Å². The molecule has 0 radical (unpaired) electrons. The van der Waals surface area contributed by atoms with Gasteiger partial charge in [0.1, 0.15) is 11.6 Å². The van der Waals surface area contributed by atoms with Crippen LogP contribution in [0.1, 0.15) is 39.1 Å². The van der Waals surface area contributed by atoms with Gasteiger partial charge in [0.05, 0.1) is 6.54 Å². The van der Waals surface area contributed by atoms with Gasteiger partial charge in [-0.2, -0.15) is 0 Å². The Bertz CT molecular complexity index is 896. The van der Waals surface area contributed by atoms with Crippen molar-refractivity contribution < 1.29 is 18.4 Å². The van der Waals surface area contributed by atoms with E-state index in [0.29, 0.717) is 42.2 Å². The molecule has 1 fully saturated rings. The third kappa shape index (κ3) is 4.65. The molecule has 2 aromatic rings. The van der Waals surface area contributed by atoms with Crippen LogP contribution in [0.2, 0.25) is 0 Å². The number of carbonyl (C=O) groups excluding carboxylic acids is 2. The van der Waals surface area contributed by atoms with Crippen molar-refractivity contribution in [2.75, 3.05) is 26.2 Å². The smallest absolute Gasteiger partial charge is 0.254 e. The summed E-state index contributed by atoms with van der Waals surface area (Å²) >= 11 is 0. The number of Topliss-reactive ketones (excluding diaryl/α,β-unsaturated/α-hetero) is 1. The highest BCUT2D eigenvalue weighted by molar-refractivity contribution is 5.98. The van der Waals surface area contributed by atoms with E-state index in [1.807, 2.05) is 0 Å². The summed E-state index contributed by atoms with van der Waals surface area (Å²) in [5.74, 6) is -0.431. The third-order valence-electron chi connectivity index (χ3n) is 5.70. The van der Waals surface area contributed by atoms with Gasteiger partial charge in [0.2, 0.25) is 0 Å². The van der Waals surface area contributed by atoms with E-state index in [2.05, 4.69) is 4.90 Å². The topological polar surface area (TPSA) is 40.6 Å². The summed E-state index contributed by atoms with van der Waals surface area (Å²) in [6.45, 7) is 2.83. The predicted molar refractivity (Wildman–Crippen MR) is 108 cm³/mol. The Kier molecular flexibility index (Phi) is 6.65. The fourth-order valence-electron chi connectivity index (χ4n) is 4.07. The second-order valence-electron chi connectivity index (χ2n) is 7.60. The minimum Gasteiger partial charge on any atom is -0.334 e. The molecular formula is C22H23ClF2N2O2. The lowest BCUT2D eigenvalue weighted by atomic mass is 9.95. The summed E-state index contributed by atoms with van der Waals surface area (Å²) in [4.78, 5) is 28.7. The highest BCUT2D eigenvalue weighted by Crippen LogP contribution is 2.28. The number of piperidine rings is 1. The molecule has 0 aromatic heterocycles. The van der Waals surface area contributed by atoms with Gasteiger partial charge >= 0.3 is 0 Å². The van der Waals surface area contributed by atoms with Crippen LogP contribution in [-0.4, -0.2) is 47.7 Å². The summed E-state index contributed by atoms with van der Waals surface area (Å²) in [6.07, 6.45) is 1.78. The molecule has 2 aromatic carbocycles. The van der Waals surface area contributed by atoms with E-state index in [1.54, 1.807) is 17.0 Å². The predicted octanol–water partition coefficient (Wildman–Crippen LogP) is 3.94. The first-order chi connectivity index (χ1) is 13.5. The van der Waals surface area contributed by atoms with Crippen LogP contribution in [0.3, 0.4) is 0 Å². The zero-order valence-corrected chi connectivity index (χ0v) is 16.8. The number of hydrogen-bond donors (Lipinski definition) is 0. The maximum atomic E-state index is 13.9. The number of carbonyl (C=O) groups is 2. The lowest BCUT2D eigenvalue weighted by Gasteiger charge is -2.33. The van der Waals surface area contributed by atoms with Crippen molar-refractivity contribution in [3.63, 3.8) is 0 Å². The summed E-state index contributed by atoms with van der Waals surface area (Å²) in [7, 11) is 0. The molecule has 1 saturated heterocycles. The molecule has 2 aliphatic heterocycles. The molecule has 0 N–H and O–H groups in total. The van der Waals surface area contributed by atoms with Crippen molar-refractivity contribution >= 4 is 24.1 Å². The van der Waals surface area contributed by atoms with Gasteiger partial charge in [0.25, 0.3) is 5.91 Å². The summed E-state index contributed by atoms with van der Waals surface area (Å²) in [5, 5.41) is 0. The molecule has 154 valence electrons. The number of likely N-dealkylation sites (tertiary alicyclic amines) is 1. The number of ketones is 1. The Morgan fingerprint density at radius 3 is 2.38 bits per heavy atom. The van der Waals surface area contributed by atoms with E-state index in [9.17, 15) is 18.4 Å². The average Bonchev–Trinajstić information content (AvgIpc) is 3.01. The van der Waals surface area contributed by atoms with Crippen molar-refractivity contribution in [2.45, 2.75) is 19.4 Å². The van der Waals surface area contributed by atoms with E-state index in [4.69, 9.17) is 0 Å². The fourth-order valence-corrected chi connectivity index (χ4v) is 4.07. The number of rotatable bonds is 5. The van der Waals surface area contributed by atoms with Crippen LogP contribution < -0.4 is 0 Å². The fraction of sp³-hybridized carbons (Fsp3) is 0.364. The van der Waals surface area contributed by atoms with Gasteiger partial charge in [-0.1, -0.05) is 6.07 Å². The number of benzene rings is 2. The standard InChI is InChI=1S/C22H22F2N2O2.ClH/c23-17-6-4-16(5-7-17)21(27)14-25-10-8-15(9-11-25)12-26-13-19-18(22(26)28)2-1-3-20(19)24;/h1-7,15H,8-14H2;1H. The number of amides is 1. The molecule has 7 heteroatoms. The molecule has 0 aliphatic carbocycles. The summed E-state index contributed by atoms with van der Waals surface area (Å²) in [5.41, 5.74) is 1.49. The summed E-state index contributed by atoms with van der Waals surface area (Å²) < 4.78 is 26.9. The second-order valence-corrected chi connectivity index (χ2v) is 7.60. The molecule has 2 aliphatic rings. The van der Waals surface area contributed by atoms with E-state index in [1.165, 1.54) is 30.3 Å². The molecule has 2 heterocycles. The van der Waals surface area contributed by atoms with Crippen LogP contribution in [-0.2, 0) is 6.54 Å². The maximum absolute atomic E-state index is 13.9. The molecule has 1 amide bonds. The van der Waals surface area contributed by atoms with Crippen LogP contribution in [0.25, 0.3) is 0 Å². The highest BCUT2D eigenvalue weighted by Gasteiger charge is 2.32. The van der Waals surface area contributed by atoms with Crippen molar-refractivity contribution in [1.29, 1.82) is 0 Å².